The summed E-state index contributed by atoms with van der Waals surface area (Å²) in [7, 11) is 5.08. The first-order valence-corrected chi connectivity index (χ1v) is 9.69. The number of rotatable bonds is 10. The zero-order valence-corrected chi connectivity index (χ0v) is 16.9. The Hall–Kier alpha value is -0.700. The summed E-state index contributed by atoms with van der Waals surface area (Å²) in [4.78, 5) is 0. The Balaban J connectivity index is 2.60. The Morgan fingerprint density at radius 1 is 1.33 bits per heavy atom. The quantitative estimate of drug-likeness (QED) is 0.287. The third-order valence-corrected chi connectivity index (χ3v) is 4.97. The largest absolute Gasteiger partial charge is 0.376 e. The highest BCUT2D eigenvalue weighted by molar-refractivity contribution is 7.27. The first-order chi connectivity index (χ1) is 11.6. The van der Waals surface area contributed by atoms with E-state index in [4.69, 9.17) is 4.52 Å². The highest BCUT2D eigenvalue weighted by Crippen LogP contribution is 2.19. The fourth-order valence-corrected chi connectivity index (χ4v) is 3.31. The average Bonchev–Trinajstić information content (AvgIpc) is 2.58. The molecule has 0 heterocycles. The van der Waals surface area contributed by atoms with Crippen molar-refractivity contribution in [2.45, 2.75) is 64.1 Å². The minimum Gasteiger partial charge on any atom is -0.376 e. The lowest BCUT2D eigenvalue weighted by Crippen LogP contribution is -2.09. The number of benzene rings is 1. The molecule has 0 aromatic heterocycles. The molecule has 132 valence electrons. The maximum Gasteiger partial charge on any atom is 0.140 e. The molecular weight excluding hydrogens is 334 g/mol. The van der Waals surface area contributed by atoms with Crippen molar-refractivity contribution in [1.29, 1.82) is 0 Å². The number of aliphatic hydroxyl groups excluding tert-OH is 1. The standard InChI is InChI=1S/C20H30O2P2/c1-3-5-6-11-16(22-24)12-7-8-14-19(21)17-13-9-15-20(23)18(17)10-4-2/h4,9,13,15-16,19,21H,2-3,5-7,10-12,23-24H2,1H3/t16-,19-/m0/s1. The van der Waals surface area contributed by atoms with E-state index in [-0.39, 0.29) is 6.10 Å². The molecule has 0 fully saturated rings. The zero-order chi connectivity index (χ0) is 17.8. The molecule has 0 bridgehead atoms. The van der Waals surface area contributed by atoms with Crippen molar-refractivity contribution in [1.82, 2.24) is 0 Å². The Labute approximate surface area is 152 Å². The minimum atomic E-state index is -0.754. The number of allylic oxidation sites excluding steroid dienone is 1. The van der Waals surface area contributed by atoms with Gasteiger partial charge in [-0.1, -0.05) is 56.4 Å². The molecule has 2 unspecified atom stereocenters. The highest BCUT2D eigenvalue weighted by Gasteiger charge is 2.11. The molecule has 0 saturated carbocycles. The normalized spacial score (nSPS) is 13.0. The fourth-order valence-electron chi connectivity index (χ4n) is 2.64. The molecule has 24 heavy (non-hydrogen) atoms. The van der Waals surface area contributed by atoms with Crippen LogP contribution >= 0.6 is 18.7 Å². The molecule has 0 radical (unpaired) electrons. The van der Waals surface area contributed by atoms with E-state index in [2.05, 4.69) is 44.1 Å². The Kier molecular flexibility index (Phi) is 11.2. The molecule has 1 N–H and O–H groups in total. The molecule has 1 aromatic carbocycles. The molecule has 0 spiro atoms. The number of hydrogen-bond donors (Lipinski definition) is 1. The second kappa shape index (κ2) is 12.6. The number of aliphatic hydroxyl groups is 1. The van der Waals surface area contributed by atoms with Crippen LogP contribution in [0.25, 0.3) is 0 Å². The van der Waals surface area contributed by atoms with Crippen LogP contribution in [0, 0.1) is 11.8 Å². The lowest BCUT2D eigenvalue weighted by Gasteiger charge is -2.13. The van der Waals surface area contributed by atoms with Crippen LogP contribution in [-0.2, 0) is 10.9 Å². The van der Waals surface area contributed by atoms with Gasteiger partial charge in [-0.15, -0.1) is 21.7 Å². The van der Waals surface area contributed by atoms with Gasteiger partial charge in [-0.2, -0.15) is 0 Å². The van der Waals surface area contributed by atoms with Gasteiger partial charge in [-0.3, -0.25) is 0 Å². The van der Waals surface area contributed by atoms with E-state index in [1.807, 2.05) is 24.3 Å². The van der Waals surface area contributed by atoms with Crippen LogP contribution in [0.1, 0.15) is 62.7 Å². The maximum absolute atomic E-state index is 10.4. The maximum atomic E-state index is 10.4. The van der Waals surface area contributed by atoms with Crippen molar-refractivity contribution in [2.24, 2.45) is 0 Å². The van der Waals surface area contributed by atoms with E-state index in [1.54, 1.807) is 0 Å². The third kappa shape index (κ3) is 7.46. The van der Waals surface area contributed by atoms with Gasteiger partial charge in [-0.25, -0.2) is 0 Å². The molecule has 4 atom stereocenters. The summed E-state index contributed by atoms with van der Waals surface area (Å²) in [5.41, 5.74) is 1.96. The van der Waals surface area contributed by atoms with E-state index >= 15 is 0 Å². The molecule has 1 aromatic rings. The molecule has 1 rings (SSSR count). The van der Waals surface area contributed by atoms with E-state index in [0.717, 1.165) is 42.1 Å². The van der Waals surface area contributed by atoms with Crippen LogP contribution in [0.15, 0.2) is 30.9 Å². The lowest BCUT2D eigenvalue weighted by atomic mass is 9.99. The van der Waals surface area contributed by atoms with Crippen LogP contribution in [0.5, 0.6) is 0 Å². The molecular formula is C20H30O2P2. The monoisotopic (exact) mass is 364 g/mol. The van der Waals surface area contributed by atoms with Crippen LogP contribution in [0.3, 0.4) is 0 Å². The van der Waals surface area contributed by atoms with Gasteiger partial charge in [0.05, 0.1) is 6.10 Å². The molecule has 0 saturated heterocycles. The molecule has 4 heteroatoms. The summed E-state index contributed by atoms with van der Waals surface area (Å²) in [5.74, 6) is 6.08. The molecule has 0 aliphatic carbocycles. The van der Waals surface area contributed by atoms with Crippen molar-refractivity contribution < 1.29 is 9.63 Å². The summed E-state index contributed by atoms with van der Waals surface area (Å²) >= 11 is 0. The second-order valence-electron chi connectivity index (χ2n) is 5.92. The topological polar surface area (TPSA) is 29.5 Å². The minimum absolute atomic E-state index is 0.236. The van der Waals surface area contributed by atoms with Gasteiger partial charge in [0.2, 0.25) is 0 Å². The fraction of sp³-hybridized carbons (Fsp3) is 0.500. The van der Waals surface area contributed by atoms with Gasteiger partial charge in [-0.05, 0) is 35.7 Å². The van der Waals surface area contributed by atoms with E-state index in [0.29, 0.717) is 0 Å². The van der Waals surface area contributed by atoms with Gasteiger partial charge in [0.15, 0.2) is 0 Å². The van der Waals surface area contributed by atoms with Gasteiger partial charge in [0.1, 0.15) is 6.10 Å². The molecule has 0 aliphatic heterocycles. The van der Waals surface area contributed by atoms with Crippen LogP contribution in [0.4, 0.5) is 0 Å². The Morgan fingerprint density at radius 3 is 2.79 bits per heavy atom. The molecule has 2 nitrogen and oxygen atoms in total. The van der Waals surface area contributed by atoms with Crippen LogP contribution in [0.2, 0.25) is 0 Å². The first kappa shape index (κ1) is 21.3. The third-order valence-electron chi connectivity index (χ3n) is 4.04. The summed E-state index contributed by atoms with van der Waals surface area (Å²) in [6.45, 7) is 5.99. The van der Waals surface area contributed by atoms with Crippen molar-refractivity contribution >= 4 is 24.0 Å². The average molecular weight is 364 g/mol. The molecule has 0 aliphatic rings. The summed E-state index contributed by atoms with van der Waals surface area (Å²) < 4.78 is 5.43. The van der Waals surface area contributed by atoms with Gasteiger partial charge in [0.25, 0.3) is 0 Å². The Morgan fingerprint density at radius 2 is 2.12 bits per heavy atom. The predicted octanol–water partition coefficient (Wildman–Crippen LogP) is 4.49. The lowest BCUT2D eigenvalue weighted by molar-refractivity contribution is 0.211. The second-order valence-corrected chi connectivity index (χ2v) is 6.82. The van der Waals surface area contributed by atoms with Crippen LogP contribution in [-0.4, -0.2) is 11.2 Å². The van der Waals surface area contributed by atoms with E-state index < -0.39 is 6.10 Å². The first-order valence-electron chi connectivity index (χ1n) is 8.64. The SMILES string of the molecule is C=CCc1c(P)cccc1[C@@H](O)C#CCC[C@H](CCCCC)OP. The smallest absolute Gasteiger partial charge is 0.140 e. The van der Waals surface area contributed by atoms with E-state index in [9.17, 15) is 5.11 Å². The van der Waals surface area contributed by atoms with Crippen LogP contribution < -0.4 is 5.30 Å². The van der Waals surface area contributed by atoms with Crippen molar-refractivity contribution in [3.63, 3.8) is 0 Å². The molecule has 0 amide bonds. The summed E-state index contributed by atoms with van der Waals surface area (Å²) in [5, 5.41) is 11.5. The van der Waals surface area contributed by atoms with Gasteiger partial charge >= 0.3 is 0 Å². The Bertz CT molecular complexity index is 560. The van der Waals surface area contributed by atoms with Gasteiger partial charge in [0, 0.05) is 15.9 Å². The van der Waals surface area contributed by atoms with E-state index in [1.165, 1.54) is 19.3 Å². The predicted molar refractivity (Wildman–Crippen MR) is 110 cm³/mol. The van der Waals surface area contributed by atoms with Crippen molar-refractivity contribution in [2.75, 3.05) is 0 Å². The highest BCUT2D eigenvalue weighted by atomic mass is 31.0. The number of unbranched alkanes of at least 4 members (excludes halogenated alkanes) is 2. The summed E-state index contributed by atoms with van der Waals surface area (Å²) in [6.07, 6.45) is 8.42. The van der Waals surface area contributed by atoms with Crippen molar-refractivity contribution in [3.8, 4) is 11.8 Å². The zero-order valence-electron chi connectivity index (χ0n) is 14.6. The van der Waals surface area contributed by atoms with Crippen molar-refractivity contribution in [3.05, 3.63) is 42.0 Å². The van der Waals surface area contributed by atoms with Gasteiger partial charge < -0.3 is 9.63 Å². The summed E-state index contributed by atoms with van der Waals surface area (Å²) in [6, 6.07) is 5.90. The number of hydrogen-bond acceptors (Lipinski definition) is 2.